The van der Waals surface area contributed by atoms with Gasteiger partial charge in [0.2, 0.25) is 0 Å². The van der Waals surface area contributed by atoms with Gasteiger partial charge in [-0.1, -0.05) is 84.9 Å². The fourth-order valence-electron chi connectivity index (χ4n) is 10.9. The van der Waals surface area contributed by atoms with Gasteiger partial charge in [-0.15, -0.1) is 0 Å². The number of carbonyl (C=O) groups is 8. The normalized spacial score (nSPS) is 14.8. The summed E-state index contributed by atoms with van der Waals surface area (Å²) in [5.41, 5.74) is 2.67. The molecule has 4 aliphatic heterocycles. The Balaban J connectivity index is 0.000000178. The molecule has 4 aliphatic rings. The molecule has 0 fully saturated rings. The molecule has 22 heteroatoms. The van der Waals surface area contributed by atoms with E-state index in [1.54, 1.807) is 12.1 Å². The van der Waals surface area contributed by atoms with E-state index in [0.717, 1.165) is 45.2 Å². The Bertz CT molecular complexity index is 3960. The Morgan fingerprint density at radius 3 is 0.821 bits per heavy atom. The van der Waals surface area contributed by atoms with Crippen LogP contribution in [0.5, 0.6) is 0 Å². The van der Waals surface area contributed by atoms with Crippen molar-refractivity contribution >= 4 is 133 Å². The van der Waals surface area contributed by atoms with Crippen molar-refractivity contribution in [3.63, 3.8) is 0 Å². The van der Waals surface area contributed by atoms with Gasteiger partial charge in [0.05, 0.1) is 33.4 Å². The summed E-state index contributed by atoms with van der Waals surface area (Å²) in [7, 11) is 0. The van der Waals surface area contributed by atoms with E-state index in [-0.39, 0.29) is 92.1 Å². The van der Waals surface area contributed by atoms with Crippen molar-refractivity contribution in [2.45, 2.75) is 38.0 Å². The zero-order valence-electron chi connectivity index (χ0n) is 43.2. The molecule has 0 spiro atoms. The number of imide groups is 4. The molecular weight excluding hydrogens is 1360 g/mol. The van der Waals surface area contributed by atoms with Gasteiger partial charge < -0.3 is 0 Å². The Morgan fingerprint density at radius 1 is 0.298 bits per heavy atom. The summed E-state index contributed by atoms with van der Waals surface area (Å²) >= 11 is 13.7. The predicted octanol–water partition coefficient (Wildman–Crippen LogP) is 14.1. The van der Waals surface area contributed by atoms with E-state index in [9.17, 15) is 64.7 Å². The van der Waals surface area contributed by atoms with Gasteiger partial charge in [-0.3, -0.25) is 58.0 Å². The molecule has 0 N–H and O–H groups in total. The summed E-state index contributed by atoms with van der Waals surface area (Å²) in [6.07, 6.45) is -7.84. The molecule has 0 radical (unpaired) electrons. The predicted molar refractivity (Wildman–Crippen MR) is 311 cm³/mol. The minimum absolute atomic E-state index is 0.0494. The second-order valence-electron chi connectivity index (χ2n) is 20.0. The molecule has 12 rings (SSSR count). The van der Waals surface area contributed by atoms with E-state index >= 15 is 0 Å². The number of alkyl halides is 6. The summed E-state index contributed by atoms with van der Waals surface area (Å²) < 4.78 is 78.9. The highest BCUT2D eigenvalue weighted by Crippen LogP contribution is 2.46. The lowest BCUT2D eigenvalue weighted by molar-refractivity contribution is -0.138. The van der Waals surface area contributed by atoms with Crippen molar-refractivity contribution in [3.8, 4) is 0 Å². The van der Waals surface area contributed by atoms with Crippen LogP contribution < -0.4 is 0 Å². The second kappa shape index (κ2) is 22.4. The number of rotatable bonds is 12. The molecule has 8 aromatic rings. The minimum Gasteiger partial charge on any atom is -0.274 e. The standard InChI is InChI=1S/C32H18Br2F6N2O4.C30H20Br2N2O4/c33-21-14-20-24-23-19(27(43)41(29(45)25(21)23)11-9-15-1-5-17(6-2-15)31(35,36)37)13-22(34)26(24)30(46)42(28(20)44)12-10-16-3-7-18(8-4-16)32(38,39)40;31-21-15-19-23-20(28(36)33(27(19)35)13-11-17-7-3-1-4-8-17)16-22(32)25-26(23)24(21)29(37)34(30(25)38)14-12-18-9-5-2-6-10-18/h1-8,13-14H,9-12H2;1-10,15-16H,11-14H2. The molecule has 0 aliphatic carbocycles. The average Bonchev–Trinajstić information content (AvgIpc) is 0.774. The Hall–Kier alpha value is -7.66. The first-order valence-corrected chi connectivity index (χ1v) is 28.9. The van der Waals surface area contributed by atoms with Crippen molar-refractivity contribution in [1.29, 1.82) is 0 Å². The fraction of sp³-hybridized carbons (Fsp3) is 0.161. The van der Waals surface area contributed by atoms with E-state index in [0.29, 0.717) is 54.8 Å². The molecule has 8 aromatic carbocycles. The van der Waals surface area contributed by atoms with Crippen LogP contribution in [-0.4, -0.2) is 93.0 Å². The molecule has 0 saturated carbocycles. The molecule has 0 saturated heterocycles. The van der Waals surface area contributed by atoms with Crippen LogP contribution in [0.3, 0.4) is 0 Å². The highest BCUT2D eigenvalue weighted by molar-refractivity contribution is 9.11. The molecule has 12 nitrogen and oxygen atoms in total. The number of benzene rings is 8. The van der Waals surface area contributed by atoms with Crippen molar-refractivity contribution in [2.75, 3.05) is 26.2 Å². The molecule has 0 atom stereocenters. The molecular formula is C62H38Br4F6N4O8. The largest absolute Gasteiger partial charge is 0.416 e. The van der Waals surface area contributed by atoms with Crippen molar-refractivity contribution < 1.29 is 64.7 Å². The van der Waals surface area contributed by atoms with Crippen molar-refractivity contribution in [3.05, 3.63) is 229 Å². The molecule has 8 amide bonds. The topological polar surface area (TPSA) is 150 Å². The molecule has 0 bridgehead atoms. The maximum Gasteiger partial charge on any atom is 0.416 e. The van der Waals surface area contributed by atoms with Gasteiger partial charge in [-0.05, 0) is 160 Å². The summed E-state index contributed by atoms with van der Waals surface area (Å²) in [6, 6.07) is 34.0. The van der Waals surface area contributed by atoms with Crippen LogP contribution in [0.4, 0.5) is 26.3 Å². The number of halogens is 10. The Morgan fingerprint density at radius 2 is 0.536 bits per heavy atom. The van der Waals surface area contributed by atoms with E-state index in [2.05, 4.69) is 63.7 Å². The number of hydrogen-bond donors (Lipinski definition) is 0. The van der Waals surface area contributed by atoms with E-state index < -0.39 is 70.7 Å². The van der Waals surface area contributed by atoms with Crippen LogP contribution in [-0.2, 0) is 38.0 Å². The van der Waals surface area contributed by atoms with Gasteiger partial charge in [0.1, 0.15) is 0 Å². The van der Waals surface area contributed by atoms with E-state index in [1.165, 1.54) is 46.2 Å². The highest BCUT2D eigenvalue weighted by atomic mass is 79.9. The molecule has 4 heterocycles. The van der Waals surface area contributed by atoms with Crippen LogP contribution in [0.2, 0.25) is 0 Å². The molecule has 84 heavy (non-hydrogen) atoms. The van der Waals surface area contributed by atoms with Gasteiger partial charge in [0, 0.05) is 87.9 Å². The van der Waals surface area contributed by atoms with E-state index in [4.69, 9.17) is 0 Å². The number of amides is 8. The lowest BCUT2D eigenvalue weighted by Gasteiger charge is -2.33. The van der Waals surface area contributed by atoms with Crippen molar-refractivity contribution in [1.82, 2.24) is 19.6 Å². The first-order chi connectivity index (χ1) is 39.9. The highest BCUT2D eigenvalue weighted by Gasteiger charge is 2.44. The average molecular weight is 1400 g/mol. The number of carbonyl (C=O) groups excluding carboxylic acids is 8. The Labute approximate surface area is 506 Å². The van der Waals surface area contributed by atoms with Crippen LogP contribution in [0.1, 0.15) is 116 Å². The first-order valence-electron chi connectivity index (χ1n) is 25.8. The zero-order chi connectivity index (χ0) is 59.8. The SMILES string of the molecule is O=C1c2cc(Br)c3c4c(c(Br)cc(c24)C(=O)N1CCc1ccccc1)C(=O)N(CCc1ccccc1)C3=O.O=C1c2cc(Br)c3c4c(cc(Br)c(c24)C(=O)N1CCc1ccc(C(F)(F)F)cc1)C(=O)N(CCc1ccc(C(F)(F)F)cc1)C3=O. The van der Waals surface area contributed by atoms with Gasteiger partial charge in [-0.25, -0.2) is 0 Å². The van der Waals surface area contributed by atoms with Crippen LogP contribution in [0.25, 0.3) is 21.5 Å². The Kier molecular flexibility index (Phi) is 15.5. The summed E-state index contributed by atoms with van der Waals surface area (Å²) in [5, 5.41) is 0.936. The zero-order valence-corrected chi connectivity index (χ0v) is 49.5. The maximum absolute atomic E-state index is 13.7. The van der Waals surface area contributed by atoms with Crippen LogP contribution >= 0.6 is 63.7 Å². The van der Waals surface area contributed by atoms with Gasteiger partial charge in [-0.2, -0.15) is 26.3 Å². The van der Waals surface area contributed by atoms with Gasteiger partial charge in [0.15, 0.2) is 0 Å². The second-order valence-corrected chi connectivity index (χ2v) is 23.4. The lowest BCUT2D eigenvalue weighted by atomic mass is 9.85. The fourth-order valence-corrected chi connectivity index (χ4v) is 13.3. The first kappa shape index (κ1) is 58.1. The quantitative estimate of drug-likeness (QED) is 0.0867. The molecule has 424 valence electrons. The third kappa shape index (κ3) is 10.4. The minimum atomic E-state index is -4.51. The van der Waals surface area contributed by atoms with E-state index in [1.807, 2.05) is 60.7 Å². The number of hydrogen-bond acceptors (Lipinski definition) is 8. The van der Waals surface area contributed by atoms with Gasteiger partial charge >= 0.3 is 12.4 Å². The third-order valence-electron chi connectivity index (χ3n) is 15.1. The monoisotopic (exact) mass is 1400 g/mol. The van der Waals surface area contributed by atoms with Crippen molar-refractivity contribution in [2.24, 2.45) is 0 Å². The molecule has 0 aromatic heterocycles. The third-order valence-corrected chi connectivity index (χ3v) is 17.6. The maximum atomic E-state index is 13.7. The van der Waals surface area contributed by atoms with Crippen LogP contribution in [0.15, 0.2) is 151 Å². The summed E-state index contributed by atoms with van der Waals surface area (Å²) in [4.78, 5) is 114. The summed E-state index contributed by atoms with van der Waals surface area (Å²) in [6.45, 7) is 0.128. The van der Waals surface area contributed by atoms with Gasteiger partial charge in [0.25, 0.3) is 47.3 Å². The number of nitrogens with zero attached hydrogens (tertiary/aromatic N) is 4. The molecule has 0 unspecified atom stereocenters. The lowest BCUT2D eigenvalue weighted by Crippen LogP contribution is -2.44. The smallest absolute Gasteiger partial charge is 0.274 e. The summed E-state index contributed by atoms with van der Waals surface area (Å²) in [5.74, 6) is -4.60. The van der Waals surface area contributed by atoms with Crippen LogP contribution in [0, 0.1) is 0 Å².